The van der Waals surface area contributed by atoms with Crippen molar-refractivity contribution in [3.8, 4) is 23.0 Å². The number of pyridine rings is 1. The number of urea groups is 1. The van der Waals surface area contributed by atoms with E-state index in [1.165, 1.54) is 0 Å². The Morgan fingerprint density at radius 3 is 2.76 bits per heavy atom. The number of nitrogens with one attached hydrogen (secondary N) is 3. The topological polar surface area (TPSA) is 92.1 Å². The molecule has 2 aromatic carbocycles. The fourth-order valence-corrected chi connectivity index (χ4v) is 5.18. The molecule has 0 bridgehead atoms. The van der Waals surface area contributed by atoms with E-state index in [1.54, 1.807) is 41.8 Å². The number of hydrogen-bond acceptors (Lipinski definition) is 5. The Morgan fingerprint density at radius 1 is 1.18 bits per heavy atom. The lowest BCUT2D eigenvalue weighted by molar-refractivity contribution is 0.262. The monoisotopic (exact) mass is 487 g/mol. The van der Waals surface area contributed by atoms with E-state index in [1.807, 2.05) is 24.3 Å². The predicted molar refractivity (Wildman–Crippen MR) is 141 cm³/mol. The van der Waals surface area contributed by atoms with Gasteiger partial charge in [-0.15, -0.1) is 11.3 Å². The molecule has 0 saturated carbocycles. The molecule has 1 aliphatic heterocycles. The van der Waals surface area contributed by atoms with Crippen LogP contribution >= 0.6 is 22.9 Å². The summed E-state index contributed by atoms with van der Waals surface area (Å²) in [6.45, 7) is 1.02. The molecule has 6 nitrogen and oxygen atoms in total. The van der Waals surface area contributed by atoms with E-state index in [0.717, 1.165) is 46.2 Å². The fraction of sp³-hybridized carbons (Fsp3) is 0.154. The molecule has 1 fully saturated rings. The van der Waals surface area contributed by atoms with Crippen molar-refractivity contribution in [2.75, 3.05) is 22.9 Å². The number of thiophene rings is 1. The van der Waals surface area contributed by atoms with Gasteiger partial charge in [0.1, 0.15) is 5.82 Å². The van der Waals surface area contributed by atoms with Crippen LogP contribution in [-0.2, 0) is 0 Å². The van der Waals surface area contributed by atoms with Crippen LogP contribution in [0.5, 0.6) is 0 Å². The number of carbonyl (C=O) groups is 1. The van der Waals surface area contributed by atoms with Gasteiger partial charge in [-0.25, -0.2) is 9.78 Å². The quantitative estimate of drug-likeness (QED) is 0.269. The third-order valence-electron chi connectivity index (χ3n) is 5.60. The van der Waals surface area contributed by atoms with E-state index < -0.39 is 0 Å². The van der Waals surface area contributed by atoms with Gasteiger partial charge in [0.25, 0.3) is 0 Å². The maximum atomic E-state index is 12.3. The van der Waals surface area contributed by atoms with Crippen LogP contribution in [0.1, 0.15) is 18.4 Å². The molecule has 2 amide bonds. The molecular formula is C26H22ClN5OS. The zero-order chi connectivity index (χ0) is 23.5. The van der Waals surface area contributed by atoms with Crippen LogP contribution in [0, 0.1) is 11.8 Å². The Morgan fingerprint density at radius 2 is 2.00 bits per heavy atom. The summed E-state index contributed by atoms with van der Waals surface area (Å²) in [5, 5.41) is 12.5. The maximum Gasteiger partial charge on any atom is 0.323 e. The molecule has 3 heterocycles. The molecule has 1 atom stereocenters. The third kappa shape index (κ3) is 4.85. The highest BCUT2D eigenvalue weighted by Crippen LogP contribution is 2.38. The van der Waals surface area contributed by atoms with E-state index in [0.29, 0.717) is 22.2 Å². The van der Waals surface area contributed by atoms with Crippen molar-refractivity contribution in [3.63, 3.8) is 0 Å². The zero-order valence-corrected chi connectivity index (χ0v) is 19.8. The molecule has 8 heteroatoms. The van der Waals surface area contributed by atoms with Crippen LogP contribution in [0.3, 0.4) is 0 Å². The van der Waals surface area contributed by atoms with Gasteiger partial charge in [0.05, 0.1) is 16.3 Å². The van der Waals surface area contributed by atoms with Crippen LogP contribution in [0.2, 0.25) is 5.02 Å². The van der Waals surface area contributed by atoms with E-state index in [9.17, 15) is 4.79 Å². The first-order valence-corrected chi connectivity index (χ1v) is 12.2. The van der Waals surface area contributed by atoms with Crippen LogP contribution in [-0.4, -0.2) is 23.6 Å². The lowest BCUT2D eigenvalue weighted by atomic mass is 10.0. The first kappa shape index (κ1) is 22.2. The molecule has 5 rings (SSSR count). The van der Waals surface area contributed by atoms with Crippen molar-refractivity contribution in [3.05, 3.63) is 70.7 Å². The Labute approximate surface area is 206 Å². The van der Waals surface area contributed by atoms with E-state index in [-0.39, 0.29) is 12.1 Å². The fourth-order valence-electron chi connectivity index (χ4n) is 3.93. The molecule has 1 aliphatic rings. The smallest absolute Gasteiger partial charge is 0.323 e. The summed E-state index contributed by atoms with van der Waals surface area (Å²) in [7, 11) is 0. The first-order chi connectivity index (χ1) is 16.6. The molecule has 34 heavy (non-hydrogen) atoms. The highest BCUT2D eigenvalue weighted by atomic mass is 35.5. The highest BCUT2D eigenvalue weighted by molar-refractivity contribution is 7.18. The minimum Gasteiger partial charge on any atom is -0.383 e. The summed E-state index contributed by atoms with van der Waals surface area (Å²) in [6, 6.07) is 14.5. The minimum absolute atomic E-state index is 0.239. The summed E-state index contributed by atoms with van der Waals surface area (Å²) in [6.07, 6.45) is 3.99. The highest BCUT2D eigenvalue weighted by Gasteiger charge is 2.15. The summed E-state index contributed by atoms with van der Waals surface area (Å²) < 4.78 is 1.04. The number of halogens is 1. The van der Waals surface area contributed by atoms with Crippen LogP contribution in [0.25, 0.3) is 21.2 Å². The summed E-state index contributed by atoms with van der Waals surface area (Å²) in [5.74, 6) is 7.09. The number of rotatable bonds is 3. The summed E-state index contributed by atoms with van der Waals surface area (Å²) in [4.78, 5) is 16.7. The number of hydrogen-bond donors (Lipinski definition) is 4. The number of fused-ring (bicyclic) bond motifs is 1. The van der Waals surface area contributed by atoms with Gasteiger partial charge in [0.15, 0.2) is 0 Å². The second-order valence-corrected chi connectivity index (χ2v) is 9.31. The number of carbonyl (C=O) groups excluding carboxylic acids is 1. The normalized spacial score (nSPS) is 15.0. The number of amides is 2. The van der Waals surface area contributed by atoms with Gasteiger partial charge in [0, 0.05) is 33.5 Å². The SMILES string of the molecule is Nc1ncc(C#CC2CCCN2)c2scc(-c3ccc(NC(=O)Nc4cccc(Cl)c4)cc3)c12. The van der Waals surface area contributed by atoms with Crippen molar-refractivity contribution >= 4 is 56.2 Å². The third-order valence-corrected chi connectivity index (χ3v) is 6.85. The Balaban J connectivity index is 1.35. The molecule has 1 saturated heterocycles. The number of nitrogens with zero attached hydrogens (tertiary/aromatic N) is 1. The van der Waals surface area contributed by atoms with E-state index >= 15 is 0 Å². The van der Waals surface area contributed by atoms with Crippen LogP contribution in [0.15, 0.2) is 60.1 Å². The number of nitrogen functional groups attached to an aromatic ring is 1. The first-order valence-electron chi connectivity index (χ1n) is 10.9. The van der Waals surface area contributed by atoms with Crippen LogP contribution in [0.4, 0.5) is 22.0 Å². The molecule has 170 valence electrons. The van der Waals surface area contributed by atoms with Gasteiger partial charge < -0.3 is 21.7 Å². The molecule has 0 radical (unpaired) electrons. The van der Waals surface area contributed by atoms with E-state index in [4.69, 9.17) is 17.3 Å². The van der Waals surface area contributed by atoms with Crippen molar-refractivity contribution in [1.82, 2.24) is 10.3 Å². The van der Waals surface area contributed by atoms with Gasteiger partial charge in [-0.2, -0.15) is 0 Å². The molecule has 2 aromatic heterocycles. The van der Waals surface area contributed by atoms with Crippen molar-refractivity contribution < 1.29 is 4.79 Å². The van der Waals surface area contributed by atoms with E-state index in [2.05, 4.69) is 38.2 Å². The van der Waals surface area contributed by atoms with Gasteiger partial charge in [-0.3, -0.25) is 0 Å². The molecule has 5 N–H and O–H groups in total. The lowest BCUT2D eigenvalue weighted by Gasteiger charge is -2.09. The summed E-state index contributed by atoms with van der Waals surface area (Å²) in [5.41, 5.74) is 10.4. The Kier molecular flexibility index (Phi) is 6.37. The second-order valence-electron chi connectivity index (χ2n) is 8.00. The Bertz CT molecular complexity index is 1410. The molecule has 0 aliphatic carbocycles. The second kappa shape index (κ2) is 9.74. The molecular weight excluding hydrogens is 466 g/mol. The summed E-state index contributed by atoms with van der Waals surface area (Å²) >= 11 is 7.59. The van der Waals surface area contributed by atoms with Gasteiger partial charge in [-0.1, -0.05) is 41.6 Å². The standard InChI is InChI=1S/C26H22ClN5OS/c27-18-3-1-4-21(13-18)32-26(33)31-20-10-6-16(7-11-20)22-15-34-24-17(14-30-25(28)23(22)24)8-9-19-5-2-12-29-19/h1,3-4,6-7,10-11,13-15,19,29H,2,5,12H2,(H2,28,30)(H2,31,32,33). The lowest BCUT2D eigenvalue weighted by Crippen LogP contribution is -2.19. The maximum absolute atomic E-state index is 12.3. The van der Waals surface area contributed by atoms with Gasteiger partial charge >= 0.3 is 6.03 Å². The van der Waals surface area contributed by atoms with Crippen molar-refractivity contribution in [1.29, 1.82) is 0 Å². The predicted octanol–water partition coefficient (Wildman–Crippen LogP) is 5.95. The zero-order valence-electron chi connectivity index (χ0n) is 18.2. The van der Waals surface area contributed by atoms with Crippen LogP contribution < -0.4 is 21.7 Å². The number of nitrogens with two attached hydrogens (primary N) is 1. The minimum atomic E-state index is -0.343. The Hall–Kier alpha value is -3.57. The van der Waals surface area contributed by atoms with Crippen molar-refractivity contribution in [2.45, 2.75) is 18.9 Å². The molecule has 4 aromatic rings. The number of anilines is 3. The van der Waals surface area contributed by atoms with Gasteiger partial charge in [-0.05, 0) is 60.7 Å². The average molecular weight is 488 g/mol. The van der Waals surface area contributed by atoms with Crippen molar-refractivity contribution in [2.24, 2.45) is 0 Å². The molecule has 0 spiro atoms. The largest absolute Gasteiger partial charge is 0.383 e. The average Bonchev–Trinajstić information content (AvgIpc) is 3.50. The molecule has 1 unspecified atom stereocenters. The number of aromatic nitrogens is 1. The number of benzene rings is 2. The van der Waals surface area contributed by atoms with Gasteiger partial charge in [0.2, 0.25) is 0 Å².